The van der Waals surface area contributed by atoms with E-state index in [0.717, 1.165) is 16.0 Å². The standard InChI is InChI=1S/C18H11N3O3S2/c22-17(16-9-12-8-13(21(23)24)6-7-15(12)26-16)20-18-19-14(10-25-18)11-4-2-1-3-5-11/h1-10H,(H,19,20,22). The Bertz CT molecular complexity index is 1120. The third-order valence-corrected chi connectivity index (χ3v) is 5.60. The van der Waals surface area contributed by atoms with Gasteiger partial charge in [0.1, 0.15) is 0 Å². The van der Waals surface area contributed by atoms with Gasteiger partial charge in [-0.25, -0.2) is 4.98 Å². The zero-order valence-electron chi connectivity index (χ0n) is 13.2. The van der Waals surface area contributed by atoms with Crippen molar-refractivity contribution in [3.8, 4) is 11.3 Å². The van der Waals surface area contributed by atoms with Crippen LogP contribution in [0.5, 0.6) is 0 Å². The summed E-state index contributed by atoms with van der Waals surface area (Å²) in [6.07, 6.45) is 0. The molecular formula is C18H11N3O3S2. The van der Waals surface area contributed by atoms with Crippen molar-refractivity contribution in [1.82, 2.24) is 4.98 Å². The summed E-state index contributed by atoms with van der Waals surface area (Å²) in [4.78, 5) is 27.8. The highest BCUT2D eigenvalue weighted by Crippen LogP contribution is 2.30. The van der Waals surface area contributed by atoms with Gasteiger partial charge in [0.05, 0.1) is 15.5 Å². The van der Waals surface area contributed by atoms with Crippen LogP contribution in [0.15, 0.2) is 60.0 Å². The second kappa shape index (κ2) is 6.66. The van der Waals surface area contributed by atoms with Gasteiger partial charge in [0.2, 0.25) is 0 Å². The fourth-order valence-corrected chi connectivity index (χ4v) is 4.14. The Morgan fingerprint density at radius 3 is 2.69 bits per heavy atom. The number of carbonyl (C=O) groups excluding carboxylic acids is 1. The van der Waals surface area contributed by atoms with E-state index in [-0.39, 0.29) is 11.6 Å². The lowest BCUT2D eigenvalue weighted by Gasteiger charge is -1.98. The molecule has 0 unspecified atom stereocenters. The normalized spacial score (nSPS) is 10.8. The molecule has 0 aliphatic carbocycles. The number of thiophene rings is 1. The summed E-state index contributed by atoms with van der Waals surface area (Å²) in [5, 5.41) is 16.7. The predicted octanol–water partition coefficient (Wildman–Crippen LogP) is 5.19. The molecule has 2 heterocycles. The third-order valence-electron chi connectivity index (χ3n) is 3.73. The first-order valence-corrected chi connectivity index (χ1v) is 9.30. The second-order valence-electron chi connectivity index (χ2n) is 5.45. The van der Waals surface area contributed by atoms with Crippen molar-refractivity contribution in [2.75, 3.05) is 5.32 Å². The molecule has 2 aromatic carbocycles. The SMILES string of the molecule is O=C(Nc1nc(-c2ccccc2)cs1)c1cc2cc([N+](=O)[O-])ccc2s1. The van der Waals surface area contributed by atoms with Crippen LogP contribution in [-0.2, 0) is 0 Å². The molecule has 0 spiro atoms. The van der Waals surface area contributed by atoms with Crippen LogP contribution >= 0.6 is 22.7 Å². The van der Waals surface area contributed by atoms with Crippen molar-refractivity contribution in [1.29, 1.82) is 0 Å². The number of nitrogens with zero attached hydrogens (tertiary/aromatic N) is 2. The highest BCUT2D eigenvalue weighted by molar-refractivity contribution is 7.21. The molecule has 0 radical (unpaired) electrons. The molecule has 8 heteroatoms. The molecule has 6 nitrogen and oxygen atoms in total. The maximum atomic E-state index is 12.5. The highest BCUT2D eigenvalue weighted by Gasteiger charge is 2.15. The van der Waals surface area contributed by atoms with Gasteiger partial charge in [0.15, 0.2) is 5.13 Å². The Labute approximate surface area is 155 Å². The fraction of sp³-hybridized carbons (Fsp3) is 0. The number of nitrogens with one attached hydrogen (secondary N) is 1. The number of hydrogen-bond acceptors (Lipinski definition) is 6. The molecule has 128 valence electrons. The minimum atomic E-state index is -0.447. The second-order valence-corrected chi connectivity index (χ2v) is 7.39. The lowest BCUT2D eigenvalue weighted by Crippen LogP contribution is -2.09. The van der Waals surface area contributed by atoms with Crippen LogP contribution in [0.4, 0.5) is 10.8 Å². The largest absolute Gasteiger partial charge is 0.297 e. The monoisotopic (exact) mass is 381 g/mol. The summed E-state index contributed by atoms with van der Waals surface area (Å²) >= 11 is 2.64. The molecule has 1 amide bonds. The maximum Gasteiger partial charge on any atom is 0.270 e. The molecule has 2 aromatic heterocycles. The number of amides is 1. The molecule has 0 aliphatic rings. The first-order valence-electron chi connectivity index (χ1n) is 7.60. The van der Waals surface area contributed by atoms with E-state index in [1.165, 1.54) is 34.8 Å². The number of rotatable bonds is 4. The van der Waals surface area contributed by atoms with E-state index in [4.69, 9.17) is 0 Å². The number of carbonyl (C=O) groups is 1. The molecule has 4 rings (SSSR count). The van der Waals surface area contributed by atoms with Crippen LogP contribution in [0, 0.1) is 10.1 Å². The van der Waals surface area contributed by atoms with Crippen molar-refractivity contribution < 1.29 is 9.72 Å². The molecule has 0 saturated carbocycles. The number of anilines is 1. The number of aromatic nitrogens is 1. The summed E-state index contributed by atoms with van der Waals surface area (Å²) in [6, 6.07) is 15.9. The minimum Gasteiger partial charge on any atom is -0.297 e. The first-order chi connectivity index (χ1) is 12.6. The van der Waals surface area contributed by atoms with Crippen molar-refractivity contribution in [3.63, 3.8) is 0 Å². The third kappa shape index (κ3) is 3.19. The Morgan fingerprint density at radius 2 is 1.92 bits per heavy atom. The van der Waals surface area contributed by atoms with Crippen LogP contribution in [0.3, 0.4) is 0 Å². The highest BCUT2D eigenvalue weighted by atomic mass is 32.1. The van der Waals surface area contributed by atoms with Gasteiger partial charge >= 0.3 is 0 Å². The smallest absolute Gasteiger partial charge is 0.270 e. The predicted molar refractivity (Wildman–Crippen MR) is 104 cm³/mol. The van der Waals surface area contributed by atoms with Gasteiger partial charge in [0, 0.05) is 33.2 Å². The van der Waals surface area contributed by atoms with E-state index >= 15 is 0 Å². The summed E-state index contributed by atoms with van der Waals surface area (Å²) in [6.45, 7) is 0. The Balaban J connectivity index is 1.56. The van der Waals surface area contributed by atoms with Crippen molar-refractivity contribution >= 4 is 49.5 Å². The van der Waals surface area contributed by atoms with Gasteiger partial charge in [-0.3, -0.25) is 20.2 Å². The van der Waals surface area contributed by atoms with Crippen LogP contribution in [0.25, 0.3) is 21.3 Å². The molecule has 0 aliphatic heterocycles. The van der Waals surface area contributed by atoms with E-state index in [1.807, 2.05) is 35.7 Å². The Morgan fingerprint density at radius 1 is 1.12 bits per heavy atom. The van der Waals surface area contributed by atoms with Crippen LogP contribution in [0.1, 0.15) is 9.67 Å². The van der Waals surface area contributed by atoms with Gasteiger partial charge in [-0.1, -0.05) is 30.3 Å². The number of thiazole rings is 1. The van der Waals surface area contributed by atoms with Crippen molar-refractivity contribution in [3.05, 3.63) is 75.0 Å². The molecular weight excluding hydrogens is 370 g/mol. The molecule has 26 heavy (non-hydrogen) atoms. The quantitative estimate of drug-likeness (QED) is 0.390. The number of benzene rings is 2. The maximum absolute atomic E-state index is 12.5. The van der Waals surface area contributed by atoms with Gasteiger partial charge in [0.25, 0.3) is 11.6 Å². The molecule has 4 aromatic rings. The number of non-ortho nitro benzene ring substituents is 1. The van der Waals surface area contributed by atoms with Crippen LogP contribution < -0.4 is 5.32 Å². The van der Waals surface area contributed by atoms with E-state index in [2.05, 4.69) is 10.3 Å². The van der Waals surface area contributed by atoms with E-state index in [9.17, 15) is 14.9 Å². The molecule has 1 N–H and O–H groups in total. The van der Waals surface area contributed by atoms with Gasteiger partial charge in [-0.2, -0.15) is 0 Å². The number of fused-ring (bicyclic) bond motifs is 1. The summed E-state index contributed by atoms with van der Waals surface area (Å²) in [7, 11) is 0. The number of nitro benzene ring substituents is 1. The summed E-state index contributed by atoms with van der Waals surface area (Å²) in [5.74, 6) is -0.275. The van der Waals surface area contributed by atoms with Crippen molar-refractivity contribution in [2.24, 2.45) is 0 Å². The summed E-state index contributed by atoms with van der Waals surface area (Å²) in [5.41, 5.74) is 1.80. The van der Waals surface area contributed by atoms with Crippen LogP contribution in [0.2, 0.25) is 0 Å². The molecule has 0 saturated heterocycles. The fourth-order valence-electron chi connectivity index (χ4n) is 2.49. The molecule has 0 atom stereocenters. The topological polar surface area (TPSA) is 85.1 Å². The molecule has 0 bridgehead atoms. The Kier molecular flexibility index (Phi) is 4.19. The average Bonchev–Trinajstić information content (AvgIpc) is 3.28. The first kappa shape index (κ1) is 16.4. The van der Waals surface area contributed by atoms with E-state index in [0.29, 0.717) is 15.4 Å². The molecule has 0 fully saturated rings. The number of hydrogen-bond donors (Lipinski definition) is 1. The Hall–Kier alpha value is -3.10. The minimum absolute atomic E-state index is 0.00897. The lowest BCUT2D eigenvalue weighted by molar-refractivity contribution is -0.384. The number of nitro groups is 1. The van der Waals surface area contributed by atoms with E-state index in [1.54, 1.807) is 12.1 Å². The zero-order valence-corrected chi connectivity index (χ0v) is 14.8. The van der Waals surface area contributed by atoms with Crippen LogP contribution in [-0.4, -0.2) is 15.8 Å². The lowest BCUT2D eigenvalue weighted by atomic mass is 10.2. The van der Waals surface area contributed by atoms with Gasteiger partial charge in [-0.15, -0.1) is 22.7 Å². The summed E-state index contributed by atoms with van der Waals surface area (Å²) < 4.78 is 0.824. The zero-order chi connectivity index (χ0) is 18.1. The van der Waals surface area contributed by atoms with Gasteiger partial charge < -0.3 is 0 Å². The van der Waals surface area contributed by atoms with Crippen molar-refractivity contribution in [2.45, 2.75) is 0 Å². The van der Waals surface area contributed by atoms with Gasteiger partial charge in [-0.05, 0) is 12.1 Å². The van der Waals surface area contributed by atoms with E-state index < -0.39 is 4.92 Å². The average molecular weight is 381 g/mol.